The van der Waals surface area contributed by atoms with Gasteiger partial charge in [0.2, 0.25) is 5.91 Å². The first-order chi connectivity index (χ1) is 12.6. The number of hydrogen-bond acceptors (Lipinski definition) is 5. The van der Waals surface area contributed by atoms with Gasteiger partial charge in [0.15, 0.2) is 0 Å². The molecule has 0 saturated heterocycles. The maximum atomic E-state index is 12.4. The van der Waals surface area contributed by atoms with E-state index in [-0.39, 0.29) is 6.42 Å². The van der Waals surface area contributed by atoms with Crippen molar-refractivity contribution in [2.75, 3.05) is 0 Å². The van der Waals surface area contributed by atoms with E-state index in [1.54, 1.807) is 24.3 Å². The van der Waals surface area contributed by atoms with E-state index < -0.39 is 28.5 Å². The molecular weight excluding hydrogens is 352 g/mol. The fraction of sp³-hybridized carbons (Fsp3) is 0.263. The van der Waals surface area contributed by atoms with E-state index in [0.29, 0.717) is 19.1 Å². The fourth-order valence-corrected chi connectivity index (χ4v) is 2.92. The molecule has 2 aromatic carbocycles. The third kappa shape index (κ3) is 6.60. The van der Waals surface area contributed by atoms with Gasteiger partial charge in [0, 0.05) is 6.42 Å². The molecule has 0 aliphatic heterocycles. The lowest BCUT2D eigenvalue weighted by Crippen LogP contribution is -2.42. The molecule has 1 amide bonds. The summed E-state index contributed by atoms with van der Waals surface area (Å²) in [7, 11) is -2.71. The highest BCUT2D eigenvalue weighted by atomic mass is 32.2. The van der Waals surface area contributed by atoms with Crippen LogP contribution < -0.4 is 5.32 Å². The molecule has 0 heterocycles. The van der Waals surface area contributed by atoms with Crippen LogP contribution in [-0.2, 0) is 32.9 Å². The maximum Gasteiger partial charge on any atom is 0.311 e. The van der Waals surface area contributed by atoms with Crippen LogP contribution >= 0.6 is 0 Å². The zero-order valence-electron chi connectivity index (χ0n) is 14.1. The highest BCUT2D eigenvalue weighted by Crippen LogP contribution is 2.08. The van der Waals surface area contributed by atoms with E-state index in [9.17, 15) is 18.0 Å². The molecule has 0 bridgehead atoms. The molecule has 0 aromatic heterocycles. The predicted octanol–water partition coefficient (Wildman–Crippen LogP) is 1.98. The Hall–Kier alpha value is -2.80. The van der Waals surface area contributed by atoms with Crippen LogP contribution in [0.25, 0.3) is 0 Å². The molecule has 0 aliphatic carbocycles. The maximum absolute atomic E-state index is 12.4. The number of nitrogens with one attached hydrogen (secondary N) is 1. The summed E-state index contributed by atoms with van der Waals surface area (Å²) in [5.41, 5.74) is 1.84. The Balaban J connectivity index is 2.01. The van der Waals surface area contributed by atoms with Crippen LogP contribution in [0.2, 0.25) is 0 Å². The Bertz CT molecular complexity index is 844. The van der Waals surface area contributed by atoms with Crippen molar-refractivity contribution < 1.29 is 18.0 Å². The van der Waals surface area contributed by atoms with Gasteiger partial charge in [-0.05, 0) is 24.0 Å². The molecule has 0 fully saturated rings. The summed E-state index contributed by atoms with van der Waals surface area (Å²) in [4.78, 5) is 23.7. The van der Waals surface area contributed by atoms with Gasteiger partial charge in [-0.25, -0.2) is 0 Å². The van der Waals surface area contributed by atoms with Gasteiger partial charge in [0.1, 0.15) is 12.3 Å². The lowest BCUT2D eigenvalue weighted by molar-refractivity contribution is -0.125. The number of carbonyl (C=O) groups excluding carboxylic acids is 2. The highest BCUT2D eigenvalue weighted by molar-refractivity contribution is 7.61. The summed E-state index contributed by atoms with van der Waals surface area (Å²) in [5.74, 6) is -0.580. The first-order valence-corrected chi connectivity index (χ1v) is 9.25. The third-order valence-corrected chi connectivity index (χ3v) is 4.29. The standard InChI is InChI=1S/C19H20N2O4S/c22-14-17(12-11-15-7-3-1-4-8-15)20-19(23)18(21-26(24)25)13-16-9-5-2-6-10-16/h1-10,14,17-18H,11-13H2,(H,20,23). The van der Waals surface area contributed by atoms with Gasteiger partial charge in [0.25, 0.3) is 0 Å². The van der Waals surface area contributed by atoms with E-state index in [4.69, 9.17) is 0 Å². The molecule has 6 nitrogen and oxygen atoms in total. The third-order valence-electron chi connectivity index (χ3n) is 3.87. The molecule has 0 spiro atoms. The monoisotopic (exact) mass is 372 g/mol. The van der Waals surface area contributed by atoms with Crippen LogP contribution in [0.15, 0.2) is 65.0 Å². The Labute approximate surface area is 154 Å². The number of aryl methyl sites for hydroxylation is 1. The number of rotatable bonds is 9. The van der Waals surface area contributed by atoms with Crippen molar-refractivity contribution >= 4 is 22.7 Å². The van der Waals surface area contributed by atoms with Crippen molar-refractivity contribution in [2.24, 2.45) is 4.36 Å². The number of aldehydes is 1. The molecule has 2 unspecified atom stereocenters. The number of carbonyl (C=O) groups is 2. The number of nitrogens with zero attached hydrogens (tertiary/aromatic N) is 1. The normalized spacial score (nSPS) is 12.6. The lowest BCUT2D eigenvalue weighted by Gasteiger charge is -2.16. The predicted molar refractivity (Wildman–Crippen MR) is 98.0 cm³/mol. The summed E-state index contributed by atoms with van der Waals surface area (Å²) in [6.07, 6.45) is 1.86. The Kier molecular flexibility index (Phi) is 7.70. The smallest absolute Gasteiger partial charge is 0.311 e. The lowest BCUT2D eigenvalue weighted by atomic mass is 10.0. The second kappa shape index (κ2) is 10.2. The number of benzene rings is 2. The molecule has 0 saturated carbocycles. The van der Waals surface area contributed by atoms with Gasteiger partial charge in [-0.2, -0.15) is 12.8 Å². The second-order valence-corrected chi connectivity index (χ2v) is 6.45. The van der Waals surface area contributed by atoms with E-state index in [1.807, 2.05) is 36.4 Å². The van der Waals surface area contributed by atoms with Gasteiger partial charge >= 0.3 is 10.5 Å². The van der Waals surface area contributed by atoms with E-state index >= 15 is 0 Å². The van der Waals surface area contributed by atoms with Crippen molar-refractivity contribution in [3.63, 3.8) is 0 Å². The Morgan fingerprint density at radius 2 is 1.58 bits per heavy atom. The van der Waals surface area contributed by atoms with Crippen LogP contribution in [0.3, 0.4) is 0 Å². The minimum Gasteiger partial charge on any atom is -0.345 e. The second-order valence-electron chi connectivity index (χ2n) is 5.80. The average Bonchev–Trinajstić information content (AvgIpc) is 2.65. The fourth-order valence-electron chi connectivity index (χ4n) is 2.54. The zero-order valence-corrected chi connectivity index (χ0v) is 14.9. The number of amides is 1. The van der Waals surface area contributed by atoms with Crippen molar-refractivity contribution in [3.05, 3.63) is 71.8 Å². The van der Waals surface area contributed by atoms with Crippen molar-refractivity contribution in [3.8, 4) is 0 Å². The largest absolute Gasteiger partial charge is 0.345 e. The van der Waals surface area contributed by atoms with Crippen LogP contribution in [0, 0.1) is 0 Å². The summed E-state index contributed by atoms with van der Waals surface area (Å²) in [5, 5.41) is 2.59. The zero-order chi connectivity index (χ0) is 18.8. The SMILES string of the molecule is O=CC(CCc1ccccc1)NC(=O)C(Cc1ccccc1)N=S(=O)=O. The first kappa shape index (κ1) is 19.5. The number of hydrogen-bond donors (Lipinski definition) is 1. The van der Waals surface area contributed by atoms with E-state index in [2.05, 4.69) is 9.68 Å². The molecule has 2 atom stereocenters. The molecule has 136 valence electrons. The summed E-state index contributed by atoms with van der Waals surface area (Å²) < 4.78 is 25.4. The van der Waals surface area contributed by atoms with Crippen molar-refractivity contribution in [2.45, 2.75) is 31.3 Å². The van der Waals surface area contributed by atoms with Crippen LogP contribution in [0.5, 0.6) is 0 Å². The van der Waals surface area contributed by atoms with Crippen LogP contribution in [0.1, 0.15) is 17.5 Å². The quantitative estimate of drug-likeness (QED) is 0.681. The molecule has 0 aliphatic rings. The molecule has 0 radical (unpaired) electrons. The minimum atomic E-state index is -2.71. The highest BCUT2D eigenvalue weighted by Gasteiger charge is 2.22. The Morgan fingerprint density at radius 1 is 1.00 bits per heavy atom. The molecule has 2 rings (SSSR count). The van der Waals surface area contributed by atoms with E-state index in [1.165, 1.54) is 0 Å². The molecule has 2 aromatic rings. The first-order valence-electron chi connectivity index (χ1n) is 8.22. The van der Waals surface area contributed by atoms with Crippen LogP contribution in [0.4, 0.5) is 0 Å². The molecular formula is C19H20N2O4S. The van der Waals surface area contributed by atoms with E-state index in [0.717, 1.165) is 11.1 Å². The molecule has 1 N–H and O–H groups in total. The summed E-state index contributed by atoms with van der Waals surface area (Å²) >= 11 is 0. The van der Waals surface area contributed by atoms with Crippen molar-refractivity contribution in [1.29, 1.82) is 0 Å². The Morgan fingerprint density at radius 3 is 2.12 bits per heavy atom. The topological polar surface area (TPSA) is 92.7 Å². The molecule has 7 heteroatoms. The van der Waals surface area contributed by atoms with Crippen molar-refractivity contribution in [1.82, 2.24) is 5.32 Å². The average molecular weight is 372 g/mol. The van der Waals surface area contributed by atoms with Gasteiger partial charge in [-0.1, -0.05) is 60.7 Å². The summed E-state index contributed by atoms with van der Waals surface area (Å²) in [6, 6.07) is 16.8. The van der Waals surface area contributed by atoms with Gasteiger partial charge in [-0.15, -0.1) is 0 Å². The molecule has 26 heavy (non-hydrogen) atoms. The van der Waals surface area contributed by atoms with Gasteiger partial charge in [-0.3, -0.25) is 4.79 Å². The minimum absolute atomic E-state index is 0.144. The van der Waals surface area contributed by atoms with Gasteiger partial charge in [0.05, 0.1) is 6.04 Å². The van der Waals surface area contributed by atoms with Gasteiger partial charge < -0.3 is 10.1 Å². The summed E-state index contributed by atoms with van der Waals surface area (Å²) in [6.45, 7) is 0. The van der Waals surface area contributed by atoms with Crippen LogP contribution in [-0.4, -0.2) is 32.7 Å².